The molecule has 6 heteroatoms. The third-order valence-corrected chi connectivity index (χ3v) is 2.20. The van der Waals surface area contributed by atoms with E-state index in [1.165, 1.54) is 12.3 Å². The lowest BCUT2D eigenvalue weighted by Crippen LogP contribution is -2.23. The van der Waals surface area contributed by atoms with Crippen LogP contribution in [0.3, 0.4) is 0 Å². The summed E-state index contributed by atoms with van der Waals surface area (Å²) in [6, 6.07) is 1.36. The van der Waals surface area contributed by atoms with Crippen molar-refractivity contribution in [1.82, 2.24) is 0 Å². The average molecular weight is 242 g/mol. The number of aldehydes is 1. The van der Waals surface area contributed by atoms with Crippen LogP contribution >= 0.6 is 0 Å². The molecule has 1 aromatic heterocycles. The van der Waals surface area contributed by atoms with E-state index in [-0.39, 0.29) is 24.4 Å². The second kappa shape index (κ2) is 6.17. The fourth-order valence-corrected chi connectivity index (χ4v) is 1.38. The molecule has 1 heterocycles. The van der Waals surface area contributed by atoms with Gasteiger partial charge in [-0.25, -0.2) is 0 Å². The molecule has 0 aliphatic carbocycles. The van der Waals surface area contributed by atoms with E-state index < -0.39 is 18.2 Å². The van der Waals surface area contributed by atoms with Crippen molar-refractivity contribution in [3.8, 4) is 0 Å². The van der Waals surface area contributed by atoms with Crippen LogP contribution in [0.15, 0.2) is 16.7 Å². The predicted octanol–water partition coefficient (Wildman–Crippen LogP) is 0.440. The lowest BCUT2D eigenvalue weighted by atomic mass is 10.0. The summed E-state index contributed by atoms with van der Waals surface area (Å²) >= 11 is 0. The zero-order valence-electron chi connectivity index (χ0n) is 9.33. The quantitative estimate of drug-likeness (QED) is 0.555. The molecular formula is C11H14O6. The van der Waals surface area contributed by atoms with Gasteiger partial charge in [-0.3, -0.25) is 9.59 Å². The lowest BCUT2D eigenvalue weighted by molar-refractivity contribution is -0.147. The van der Waals surface area contributed by atoms with Gasteiger partial charge in [-0.2, -0.15) is 0 Å². The van der Waals surface area contributed by atoms with Gasteiger partial charge in [0, 0.05) is 5.56 Å². The Morgan fingerprint density at radius 2 is 2.29 bits per heavy atom. The van der Waals surface area contributed by atoms with Gasteiger partial charge < -0.3 is 19.4 Å². The lowest BCUT2D eigenvalue weighted by Gasteiger charge is -2.16. The van der Waals surface area contributed by atoms with Crippen LogP contribution in [0.1, 0.15) is 35.6 Å². The molecule has 0 saturated carbocycles. The summed E-state index contributed by atoms with van der Waals surface area (Å²) in [6.07, 6.45) is -1.41. The number of hydrogen-bond donors (Lipinski definition) is 2. The summed E-state index contributed by atoms with van der Waals surface area (Å²) in [4.78, 5) is 21.7. The van der Waals surface area contributed by atoms with Crippen LogP contribution in [0.5, 0.6) is 0 Å². The molecule has 2 unspecified atom stereocenters. The van der Waals surface area contributed by atoms with Gasteiger partial charge in [0.2, 0.25) is 0 Å². The monoisotopic (exact) mass is 242 g/mol. The van der Waals surface area contributed by atoms with Crippen molar-refractivity contribution in [2.75, 3.05) is 6.61 Å². The van der Waals surface area contributed by atoms with Gasteiger partial charge in [-0.05, 0) is 13.0 Å². The van der Waals surface area contributed by atoms with Gasteiger partial charge in [0.25, 0.3) is 0 Å². The number of furan rings is 1. The number of aliphatic hydroxyl groups is 2. The van der Waals surface area contributed by atoms with Gasteiger partial charge in [0.15, 0.2) is 12.0 Å². The maximum atomic E-state index is 11.1. The number of hydrogen-bond acceptors (Lipinski definition) is 6. The average Bonchev–Trinajstić information content (AvgIpc) is 2.76. The summed E-state index contributed by atoms with van der Waals surface area (Å²) < 4.78 is 9.42. The molecule has 0 aromatic carbocycles. The van der Waals surface area contributed by atoms with Crippen LogP contribution in [0.25, 0.3) is 0 Å². The molecule has 17 heavy (non-hydrogen) atoms. The molecule has 2 N–H and O–H groups in total. The Kier molecular flexibility index (Phi) is 4.86. The number of esters is 1. The topological polar surface area (TPSA) is 97.0 Å². The molecule has 0 aliphatic heterocycles. The van der Waals surface area contributed by atoms with Gasteiger partial charge >= 0.3 is 5.97 Å². The van der Waals surface area contributed by atoms with Crippen LogP contribution in [0.4, 0.5) is 0 Å². The predicted molar refractivity (Wildman–Crippen MR) is 56.3 cm³/mol. The highest BCUT2D eigenvalue weighted by atomic mass is 16.5. The maximum absolute atomic E-state index is 11.1. The van der Waals surface area contributed by atoms with E-state index in [0.717, 1.165) is 0 Å². The molecule has 94 valence electrons. The minimum atomic E-state index is -1.36. The largest absolute Gasteiger partial charge is 0.466 e. The van der Waals surface area contributed by atoms with E-state index in [1.807, 2.05) is 0 Å². The second-order valence-corrected chi connectivity index (χ2v) is 3.38. The minimum absolute atomic E-state index is 0.0691. The molecular weight excluding hydrogens is 228 g/mol. The molecule has 0 spiro atoms. The van der Waals surface area contributed by atoms with E-state index >= 15 is 0 Å². The normalized spacial score (nSPS) is 14.1. The third-order valence-electron chi connectivity index (χ3n) is 2.20. The molecule has 0 amide bonds. The van der Waals surface area contributed by atoms with Crippen LogP contribution in [-0.2, 0) is 9.53 Å². The molecule has 0 saturated heterocycles. The summed E-state index contributed by atoms with van der Waals surface area (Å²) in [5.74, 6) is -0.685. The Hall–Kier alpha value is -1.66. The first-order valence-electron chi connectivity index (χ1n) is 5.14. The number of aliphatic hydroxyl groups excluding tert-OH is 2. The van der Waals surface area contributed by atoms with E-state index in [4.69, 9.17) is 4.42 Å². The third kappa shape index (κ3) is 3.40. The highest BCUT2D eigenvalue weighted by molar-refractivity contribution is 5.73. The second-order valence-electron chi connectivity index (χ2n) is 3.38. The molecule has 0 fully saturated rings. The van der Waals surface area contributed by atoms with Crippen molar-refractivity contribution in [3.63, 3.8) is 0 Å². The van der Waals surface area contributed by atoms with Gasteiger partial charge in [-0.1, -0.05) is 0 Å². The number of carbonyl (C=O) groups is 2. The van der Waals surface area contributed by atoms with Gasteiger partial charge in [0.05, 0.1) is 25.4 Å². The standard InChI is InChI=1S/C11H14O6/c1-2-16-10(14)5-8(13)11(15)7-3-4-17-9(7)6-12/h3-4,6,8,11,13,15H,2,5H2,1H3. The molecule has 0 bridgehead atoms. The van der Waals surface area contributed by atoms with Crippen molar-refractivity contribution in [3.05, 3.63) is 23.7 Å². The highest BCUT2D eigenvalue weighted by Gasteiger charge is 2.25. The smallest absolute Gasteiger partial charge is 0.308 e. The van der Waals surface area contributed by atoms with Crippen molar-refractivity contribution >= 4 is 12.3 Å². The van der Waals surface area contributed by atoms with E-state index in [2.05, 4.69) is 4.74 Å². The SMILES string of the molecule is CCOC(=O)CC(O)C(O)c1ccoc1C=O. The van der Waals surface area contributed by atoms with Gasteiger partial charge in [0.1, 0.15) is 6.10 Å². The summed E-state index contributed by atoms with van der Waals surface area (Å²) in [5.41, 5.74) is 0.150. The summed E-state index contributed by atoms with van der Waals surface area (Å²) in [5, 5.41) is 19.3. The first-order chi connectivity index (χ1) is 8.10. The first kappa shape index (κ1) is 13.4. The molecule has 2 atom stereocenters. The van der Waals surface area contributed by atoms with E-state index in [0.29, 0.717) is 6.29 Å². The van der Waals surface area contributed by atoms with Crippen LogP contribution < -0.4 is 0 Å². The van der Waals surface area contributed by atoms with Crippen molar-refractivity contribution < 1.29 is 29.0 Å². The summed E-state index contributed by atoms with van der Waals surface area (Å²) in [6.45, 7) is 1.84. The first-order valence-corrected chi connectivity index (χ1v) is 5.14. The number of rotatable bonds is 6. The van der Waals surface area contributed by atoms with Crippen molar-refractivity contribution in [2.24, 2.45) is 0 Å². The molecule has 1 aromatic rings. The molecule has 6 nitrogen and oxygen atoms in total. The van der Waals surface area contributed by atoms with Gasteiger partial charge in [-0.15, -0.1) is 0 Å². The minimum Gasteiger partial charge on any atom is -0.466 e. The van der Waals surface area contributed by atoms with Crippen molar-refractivity contribution in [2.45, 2.75) is 25.6 Å². The number of ether oxygens (including phenoxy) is 1. The van der Waals surface area contributed by atoms with Crippen molar-refractivity contribution in [1.29, 1.82) is 0 Å². The zero-order valence-corrected chi connectivity index (χ0v) is 9.33. The van der Waals surface area contributed by atoms with Crippen LogP contribution in [-0.4, -0.2) is 35.2 Å². The zero-order chi connectivity index (χ0) is 12.8. The van der Waals surface area contributed by atoms with E-state index in [9.17, 15) is 19.8 Å². The van der Waals surface area contributed by atoms with Crippen LogP contribution in [0, 0.1) is 0 Å². The Morgan fingerprint density at radius 1 is 1.59 bits per heavy atom. The Bertz CT molecular complexity index is 383. The summed E-state index contributed by atoms with van der Waals surface area (Å²) in [7, 11) is 0. The van der Waals surface area contributed by atoms with Crippen LogP contribution in [0.2, 0.25) is 0 Å². The number of carbonyl (C=O) groups excluding carboxylic acids is 2. The van der Waals surface area contributed by atoms with E-state index in [1.54, 1.807) is 6.92 Å². The maximum Gasteiger partial charge on any atom is 0.308 e. The molecule has 0 aliphatic rings. The molecule has 0 radical (unpaired) electrons. The highest BCUT2D eigenvalue weighted by Crippen LogP contribution is 2.22. The molecule has 1 rings (SSSR count). The Morgan fingerprint density at radius 3 is 2.88 bits per heavy atom. The Labute approximate surface area is 97.8 Å². The fourth-order valence-electron chi connectivity index (χ4n) is 1.38. The fraction of sp³-hybridized carbons (Fsp3) is 0.455. The Balaban J connectivity index is 2.66.